The number of carboxylic acids is 1. The third-order valence-corrected chi connectivity index (χ3v) is 9.06. The fourth-order valence-corrected chi connectivity index (χ4v) is 7.17. The molecule has 232 valence electrons. The minimum Gasteiger partial charge on any atom is -0.482 e. The Hall–Kier alpha value is -3.93. The summed E-state index contributed by atoms with van der Waals surface area (Å²) in [6, 6.07) is 19.1. The summed E-state index contributed by atoms with van der Waals surface area (Å²) in [5.74, 6) is -2.05. The van der Waals surface area contributed by atoms with Crippen LogP contribution in [0.4, 0.5) is 0 Å². The van der Waals surface area contributed by atoms with Crippen molar-refractivity contribution in [3.8, 4) is 5.75 Å². The highest BCUT2D eigenvalue weighted by molar-refractivity contribution is 7.88. The van der Waals surface area contributed by atoms with Gasteiger partial charge in [0.05, 0.1) is 18.2 Å². The Morgan fingerprint density at radius 2 is 1.68 bits per heavy atom. The summed E-state index contributed by atoms with van der Waals surface area (Å²) in [6.45, 7) is -0.278. The van der Waals surface area contributed by atoms with Crippen LogP contribution >= 0.6 is 11.6 Å². The van der Waals surface area contributed by atoms with Crippen LogP contribution in [-0.4, -0.2) is 61.2 Å². The first-order chi connectivity index (χ1) is 21.0. The van der Waals surface area contributed by atoms with Crippen LogP contribution in [-0.2, 0) is 26.2 Å². The van der Waals surface area contributed by atoms with Gasteiger partial charge in [0.2, 0.25) is 15.9 Å². The fourth-order valence-electron chi connectivity index (χ4n) is 6.22. The maximum atomic E-state index is 14.3. The van der Waals surface area contributed by atoms with Crippen LogP contribution in [0.3, 0.4) is 0 Å². The molecule has 1 fully saturated rings. The van der Waals surface area contributed by atoms with E-state index in [1.54, 1.807) is 77.7 Å². The van der Waals surface area contributed by atoms with Crippen molar-refractivity contribution >= 4 is 39.4 Å². The SMILES string of the molecule is CS(=O)(=O)N[C@H]1CCCC[C@@H]1N1C(=O)c2ccccc2[C@@H](C(=O)NCc2ccc(OCC(=O)O)cc2)[C@@H]1c1ccc(Cl)cc1. The van der Waals surface area contributed by atoms with E-state index in [-0.39, 0.29) is 18.4 Å². The summed E-state index contributed by atoms with van der Waals surface area (Å²) < 4.78 is 32.6. The summed E-state index contributed by atoms with van der Waals surface area (Å²) in [5, 5.41) is 12.4. The Balaban J connectivity index is 1.52. The zero-order valence-electron chi connectivity index (χ0n) is 24.1. The van der Waals surface area contributed by atoms with Crippen molar-refractivity contribution in [1.82, 2.24) is 14.9 Å². The number of nitrogens with one attached hydrogen (secondary N) is 2. The lowest BCUT2D eigenvalue weighted by atomic mass is 9.76. The first kappa shape index (κ1) is 31.5. The van der Waals surface area contributed by atoms with Crippen molar-refractivity contribution in [2.75, 3.05) is 12.9 Å². The largest absolute Gasteiger partial charge is 0.482 e. The van der Waals surface area contributed by atoms with Crippen LogP contribution in [0.15, 0.2) is 72.8 Å². The molecule has 1 aliphatic heterocycles. The molecule has 3 aromatic carbocycles. The molecule has 44 heavy (non-hydrogen) atoms. The minimum absolute atomic E-state index is 0.180. The fraction of sp³-hybridized carbons (Fsp3) is 0.344. The maximum Gasteiger partial charge on any atom is 0.341 e. The number of rotatable bonds is 10. The number of carbonyl (C=O) groups excluding carboxylic acids is 2. The van der Waals surface area contributed by atoms with Gasteiger partial charge in [0.25, 0.3) is 5.91 Å². The Labute approximate surface area is 261 Å². The molecule has 10 nitrogen and oxygen atoms in total. The van der Waals surface area contributed by atoms with Gasteiger partial charge in [-0.05, 0) is 59.9 Å². The number of aliphatic carboxylic acids is 1. The lowest BCUT2D eigenvalue weighted by molar-refractivity contribution is -0.139. The normalized spacial score (nSPS) is 21.8. The summed E-state index contributed by atoms with van der Waals surface area (Å²) in [6.07, 6.45) is 3.89. The van der Waals surface area contributed by atoms with Crippen LogP contribution in [0, 0.1) is 0 Å². The second kappa shape index (κ2) is 13.4. The number of fused-ring (bicyclic) bond motifs is 1. The molecule has 0 spiro atoms. The number of halogens is 1. The monoisotopic (exact) mass is 639 g/mol. The second-order valence-corrected chi connectivity index (χ2v) is 13.4. The number of benzene rings is 3. The highest BCUT2D eigenvalue weighted by atomic mass is 35.5. The van der Waals surface area contributed by atoms with Crippen molar-refractivity contribution < 1.29 is 32.6 Å². The third kappa shape index (κ3) is 7.23. The molecule has 0 saturated heterocycles. The molecule has 4 atom stereocenters. The second-order valence-electron chi connectivity index (χ2n) is 11.2. The van der Waals surface area contributed by atoms with Crippen molar-refractivity contribution in [2.45, 2.75) is 56.3 Å². The number of hydrogen-bond acceptors (Lipinski definition) is 6. The molecule has 2 amide bonds. The average molecular weight is 640 g/mol. The Kier molecular flexibility index (Phi) is 9.57. The van der Waals surface area contributed by atoms with E-state index in [0.717, 1.165) is 24.7 Å². The van der Waals surface area contributed by atoms with Gasteiger partial charge in [-0.1, -0.05) is 66.9 Å². The van der Waals surface area contributed by atoms with Crippen LogP contribution < -0.4 is 14.8 Å². The molecule has 5 rings (SSSR count). The van der Waals surface area contributed by atoms with Crippen LogP contribution in [0.2, 0.25) is 5.02 Å². The number of carboxylic acid groups (broad SMARTS) is 1. The molecule has 12 heteroatoms. The van der Waals surface area contributed by atoms with Crippen LogP contribution in [0.5, 0.6) is 5.75 Å². The zero-order valence-corrected chi connectivity index (χ0v) is 25.7. The summed E-state index contributed by atoms with van der Waals surface area (Å²) in [7, 11) is -3.56. The maximum absolute atomic E-state index is 14.3. The van der Waals surface area contributed by atoms with Gasteiger partial charge in [0, 0.05) is 29.2 Å². The molecule has 0 unspecified atom stereocenters. The number of carbonyl (C=O) groups is 3. The van der Waals surface area contributed by atoms with Crippen molar-refractivity contribution in [2.24, 2.45) is 0 Å². The van der Waals surface area contributed by atoms with Gasteiger partial charge < -0.3 is 20.1 Å². The van der Waals surface area contributed by atoms with Crippen LogP contribution in [0.1, 0.15) is 64.7 Å². The predicted molar refractivity (Wildman–Crippen MR) is 165 cm³/mol. The van der Waals surface area contributed by atoms with Gasteiger partial charge >= 0.3 is 5.97 Å². The van der Waals surface area contributed by atoms with E-state index in [1.165, 1.54) is 0 Å². The van der Waals surface area contributed by atoms with Crippen LogP contribution in [0.25, 0.3) is 0 Å². The first-order valence-corrected chi connectivity index (χ1v) is 16.6. The molecule has 1 saturated carbocycles. The number of sulfonamides is 1. The topological polar surface area (TPSA) is 142 Å². The van der Waals surface area contributed by atoms with Crippen molar-refractivity contribution in [1.29, 1.82) is 0 Å². The molecule has 3 N–H and O–H groups in total. The van der Waals surface area contributed by atoms with Gasteiger partial charge in [0.1, 0.15) is 5.75 Å². The number of amides is 2. The summed E-state index contributed by atoms with van der Waals surface area (Å²) in [4.78, 5) is 41.0. The lowest BCUT2D eigenvalue weighted by Crippen LogP contribution is -2.59. The van der Waals surface area contributed by atoms with E-state index in [9.17, 15) is 22.8 Å². The minimum atomic E-state index is -3.56. The lowest BCUT2D eigenvalue weighted by Gasteiger charge is -2.49. The Morgan fingerprint density at radius 3 is 2.36 bits per heavy atom. The van der Waals surface area contributed by atoms with Gasteiger partial charge in [0.15, 0.2) is 6.61 Å². The smallest absolute Gasteiger partial charge is 0.341 e. The van der Waals surface area contributed by atoms with E-state index in [2.05, 4.69) is 10.0 Å². The third-order valence-electron chi connectivity index (χ3n) is 8.07. The van der Waals surface area contributed by atoms with Gasteiger partial charge in [-0.25, -0.2) is 17.9 Å². The molecule has 0 bridgehead atoms. The molecule has 0 aromatic heterocycles. The number of ether oxygens (including phenoxy) is 1. The molecule has 0 radical (unpaired) electrons. The Bertz CT molecular complexity index is 1630. The number of nitrogens with zero attached hydrogens (tertiary/aromatic N) is 1. The first-order valence-electron chi connectivity index (χ1n) is 14.4. The molecule has 1 aliphatic carbocycles. The Morgan fingerprint density at radius 1 is 1.00 bits per heavy atom. The van der Waals surface area contributed by atoms with Crippen molar-refractivity contribution in [3.05, 3.63) is 100 Å². The highest BCUT2D eigenvalue weighted by Crippen LogP contribution is 2.46. The van der Waals surface area contributed by atoms with E-state index in [4.69, 9.17) is 21.4 Å². The zero-order chi connectivity index (χ0) is 31.4. The summed E-state index contributed by atoms with van der Waals surface area (Å²) in [5.41, 5.74) is 2.47. The molecule has 1 heterocycles. The number of hydrogen-bond donors (Lipinski definition) is 3. The molecule has 3 aromatic rings. The highest BCUT2D eigenvalue weighted by Gasteiger charge is 2.48. The standard InChI is InChI=1S/C32H34ClN3O7S/c1-44(41,42)35-26-8-4-5-9-27(26)36-30(21-12-14-22(33)15-13-21)29(24-6-2-3-7-25(24)32(36)40)31(39)34-18-20-10-16-23(17-11-20)43-19-28(37)38/h2-3,6-7,10-17,26-27,29-30,35H,4-5,8-9,18-19H2,1H3,(H,34,39)(H,37,38)/t26-,27-,29+,30-/m0/s1. The molecule has 2 aliphatic rings. The van der Waals surface area contributed by atoms with E-state index in [0.29, 0.717) is 40.3 Å². The average Bonchev–Trinajstić information content (AvgIpc) is 2.99. The predicted octanol–water partition coefficient (Wildman–Crippen LogP) is 4.26. The van der Waals surface area contributed by atoms with Crippen molar-refractivity contribution in [3.63, 3.8) is 0 Å². The van der Waals surface area contributed by atoms with E-state index >= 15 is 0 Å². The quantitative estimate of drug-likeness (QED) is 0.301. The van der Waals surface area contributed by atoms with E-state index < -0.39 is 46.6 Å². The van der Waals surface area contributed by atoms with E-state index in [1.807, 2.05) is 0 Å². The van der Waals surface area contributed by atoms with Gasteiger partial charge in [-0.3, -0.25) is 9.59 Å². The molecular weight excluding hydrogens is 606 g/mol. The summed E-state index contributed by atoms with van der Waals surface area (Å²) >= 11 is 6.23. The van der Waals surface area contributed by atoms with Gasteiger partial charge in [-0.15, -0.1) is 0 Å². The molecular formula is C32H34ClN3O7S. The van der Waals surface area contributed by atoms with Gasteiger partial charge in [-0.2, -0.15) is 0 Å².